The van der Waals surface area contributed by atoms with E-state index in [0.717, 1.165) is 25.3 Å². The lowest BCUT2D eigenvalue weighted by Gasteiger charge is -2.16. The summed E-state index contributed by atoms with van der Waals surface area (Å²) in [7, 11) is 2.05. The van der Waals surface area contributed by atoms with Gasteiger partial charge in [-0.05, 0) is 6.42 Å². The first-order chi connectivity index (χ1) is 4.30. The molecule has 2 heteroatoms. The van der Waals surface area contributed by atoms with E-state index in [4.69, 9.17) is 4.74 Å². The molecule has 0 amide bonds. The number of nitrogens with zero attached hydrogens (tertiary/aromatic N) is 1. The molecule has 0 radical (unpaired) electrons. The lowest BCUT2D eigenvalue weighted by atomic mass is 10.4. The van der Waals surface area contributed by atoms with Crippen LogP contribution in [0, 0.1) is 0 Å². The van der Waals surface area contributed by atoms with Crippen molar-refractivity contribution in [3.05, 3.63) is 12.3 Å². The van der Waals surface area contributed by atoms with Crippen LogP contribution in [0.15, 0.2) is 12.3 Å². The van der Waals surface area contributed by atoms with Gasteiger partial charge in [-0.25, -0.2) is 0 Å². The second-order valence-electron chi connectivity index (χ2n) is 2.39. The van der Waals surface area contributed by atoms with Crippen LogP contribution in [0.1, 0.15) is 6.42 Å². The van der Waals surface area contributed by atoms with E-state index in [1.807, 2.05) is 0 Å². The Morgan fingerprint density at radius 3 is 3.22 bits per heavy atom. The average Bonchev–Trinajstić information content (AvgIpc) is 1.99. The van der Waals surface area contributed by atoms with E-state index in [-0.39, 0.29) is 0 Å². The normalized spacial score (nSPS) is 21.9. The molecule has 1 heterocycles. The second-order valence-corrected chi connectivity index (χ2v) is 2.39. The summed E-state index contributed by atoms with van der Waals surface area (Å²) in [6.45, 7) is 6.52. The van der Waals surface area contributed by atoms with Crippen LogP contribution in [0.2, 0.25) is 0 Å². The monoisotopic (exact) mass is 127 g/mol. The largest absolute Gasteiger partial charge is 0.376 e. The summed E-state index contributed by atoms with van der Waals surface area (Å²) in [6.07, 6.45) is 1.12. The van der Waals surface area contributed by atoms with Crippen molar-refractivity contribution in [3.63, 3.8) is 0 Å². The van der Waals surface area contributed by atoms with Gasteiger partial charge >= 0.3 is 0 Å². The first kappa shape index (κ1) is 6.62. The fraction of sp³-hybridized carbons (Fsp3) is 0.714. The summed E-state index contributed by atoms with van der Waals surface area (Å²) in [4.78, 5) is 2.15. The van der Waals surface area contributed by atoms with E-state index in [1.165, 1.54) is 0 Å². The third-order valence-corrected chi connectivity index (χ3v) is 1.59. The molecule has 0 atom stereocenters. The highest BCUT2D eigenvalue weighted by molar-refractivity contribution is 4.93. The SMILES string of the molecule is C=C1COCCCN1C. The fourth-order valence-corrected chi connectivity index (χ4v) is 0.862. The molecule has 1 aliphatic rings. The molecular weight excluding hydrogens is 114 g/mol. The molecule has 1 fully saturated rings. The zero-order valence-corrected chi connectivity index (χ0v) is 5.89. The summed E-state index contributed by atoms with van der Waals surface area (Å²) >= 11 is 0. The molecule has 1 rings (SSSR count). The van der Waals surface area contributed by atoms with Crippen molar-refractivity contribution in [2.75, 3.05) is 26.8 Å². The van der Waals surface area contributed by atoms with Gasteiger partial charge < -0.3 is 9.64 Å². The second kappa shape index (κ2) is 2.87. The highest BCUT2D eigenvalue weighted by Gasteiger charge is 2.05. The van der Waals surface area contributed by atoms with Gasteiger partial charge in [0.2, 0.25) is 0 Å². The summed E-state index contributed by atoms with van der Waals surface area (Å²) in [6, 6.07) is 0. The van der Waals surface area contributed by atoms with Crippen LogP contribution < -0.4 is 0 Å². The average molecular weight is 127 g/mol. The van der Waals surface area contributed by atoms with E-state index in [1.54, 1.807) is 0 Å². The van der Waals surface area contributed by atoms with Gasteiger partial charge in [0.05, 0.1) is 6.61 Å². The molecular formula is C7H13NO. The van der Waals surface area contributed by atoms with Crippen LogP contribution in [0.4, 0.5) is 0 Å². The minimum absolute atomic E-state index is 0.705. The van der Waals surface area contributed by atoms with E-state index >= 15 is 0 Å². The number of rotatable bonds is 0. The lowest BCUT2D eigenvalue weighted by molar-refractivity contribution is 0.162. The minimum Gasteiger partial charge on any atom is -0.376 e. The maximum Gasteiger partial charge on any atom is 0.0858 e. The number of hydrogen-bond donors (Lipinski definition) is 0. The van der Waals surface area contributed by atoms with Crippen LogP contribution in [0.3, 0.4) is 0 Å². The predicted octanol–water partition coefficient (Wildman–Crippen LogP) is 0.852. The molecule has 0 N–H and O–H groups in total. The van der Waals surface area contributed by atoms with Crippen molar-refractivity contribution in [2.45, 2.75) is 6.42 Å². The van der Waals surface area contributed by atoms with Gasteiger partial charge in [-0.15, -0.1) is 0 Å². The van der Waals surface area contributed by atoms with Crippen LogP contribution in [-0.4, -0.2) is 31.7 Å². The number of hydrogen-bond acceptors (Lipinski definition) is 2. The van der Waals surface area contributed by atoms with Gasteiger partial charge in [0.25, 0.3) is 0 Å². The van der Waals surface area contributed by atoms with Crippen molar-refractivity contribution in [1.82, 2.24) is 4.90 Å². The standard InChI is InChI=1S/C7H13NO/c1-7-6-9-5-3-4-8(7)2/h1,3-6H2,2H3. The predicted molar refractivity (Wildman–Crippen MR) is 37.2 cm³/mol. The van der Waals surface area contributed by atoms with E-state index < -0.39 is 0 Å². The molecule has 0 spiro atoms. The molecule has 2 nitrogen and oxygen atoms in total. The molecule has 0 aromatic carbocycles. The van der Waals surface area contributed by atoms with Gasteiger partial charge in [0.1, 0.15) is 0 Å². The van der Waals surface area contributed by atoms with Crippen LogP contribution in [0.25, 0.3) is 0 Å². The highest BCUT2D eigenvalue weighted by atomic mass is 16.5. The molecule has 0 bridgehead atoms. The van der Waals surface area contributed by atoms with Gasteiger partial charge in [-0.2, -0.15) is 0 Å². The lowest BCUT2D eigenvalue weighted by Crippen LogP contribution is -2.17. The Kier molecular flexibility index (Phi) is 2.11. The van der Waals surface area contributed by atoms with Crippen molar-refractivity contribution >= 4 is 0 Å². The molecule has 1 aliphatic heterocycles. The Bertz CT molecular complexity index is 111. The summed E-state index contributed by atoms with van der Waals surface area (Å²) in [5.74, 6) is 0. The zero-order valence-electron chi connectivity index (χ0n) is 5.89. The van der Waals surface area contributed by atoms with E-state index in [0.29, 0.717) is 6.61 Å². The zero-order chi connectivity index (χ0) is 6.69. The third kappa shape index (κ3) is 1.72. The maximum atomic E-state index is 5.24. The molecule has 0 saturated carbocycles. The molecule has 1 saturated heterocycles. The Balaban J connectivity index is 2.41. The molecule has 0 aromatic rings. The van der Waals surface area contributed by atoms with Gasteiger partial charge in [-0.3, -0.25) is 0 Å². The summed E-state index contributed by atoms with van der Waals surface area (Å²) in [5.41, 5.74) is 1.09. The summed E-state index contributed by atoms with van der Waals surface area (Å²) < 4.78 is 5.24. The summed E-state index contributed by atoms with van der Waals surface area (Å²) in [5, 5.41) is 0. The smallest absolute Gasteiger partial charge is 0.0858 e. The Labute approximate surface area is 56.1 Å². The molecule has 0 aromatic heterocycles. The maximum absolute atomic E-state index is 5.24. The van der Waals surface area contributed by atoms with Gasteiger partial charge in [-0.1, -0.05) is 6.58 Å². The quantitative estimate of drug-likeness (QED) is 0.478. The molecule has 0 aliphatic carbocycles. The fourth-order valence-electron chi connectivity index (χ4n) is 0.862. The Morgan fingerprint density at radius 2 is 2.44 bits per heavy atom. The number of likely N-dealkylation sites (N-methyl/N-ethyl adjacent to an activating group) is 1. The highest BCUT2D eigenvalue weighted by Crippen LogP contribution is 2.04. The van der Waals surface area contributed by atoms with Gasteiger partial charge in [0.15, 0.2) is 0 Å². The van der Waals surface area contributed by atoms with Crippen molar-refractivity contribution in [3.8, 4) is 0 Å². The van der Waals surface area contributed by atoms with Crippen molar-refractivity contribution < 1.29 is 4.74 Å². The van der Waals surface area contributed by atoms with Crippen LogP contribution >= 0.6 is 0 Å². The molecule has 9 heavy (non-hydrogen) atoms. The van der Waals surface area contributed by atoms with Crippen molar-refractivity contribution in [1.29, 1.82) is 0 Å². The van der Waals surface area contributed by atoms with Gasteiger partial charge in [0, 0.05) is 25.9 Å². The third-order valence-electron chi connectivity index (χ3n) is 1.59. The topological polar surface area (TPSA) is 12.5 Å². The molecule has 0 unspecified atom stereocenters. The first-order valence-electron chi connectivity index (χ1n) is 3.27. The minimum atomic E-state index is 0.705. The van der Waals surface area contributed by atoms with E-state index in [9.17, 15) is 0 Å². The Morgan fingerprint density at radius 1 is 1.67 bits per heavy atom. The van der Waals surface area contributed by atoms with Crippen LogP contribution in [0.5, 0.6) is 0 Å². The van der Waals surface area contributed by atoms with E-state index in [2.05, 4.69) is 18.5 Å². The van der Waals surface area contributed by atoms with Crippen LogP contribution in [-0.2, 0) is 4.74 Å². The number of ether oxygens (including phenoxy) is 1. The Hall–Kier alpha value is -0.500. The first-order valence-corrected chi connectivity index (χ1v) is 3.27. The van der Waals surface area contributed by atoms with Crippen molar-refractivity contribution in [2.24, 2.45) is 0 Å². The molecule has 52 valence electrons.